The molecule has 0 aromatic heterocycles. The predicted molar refractivity (Wildman–Crippen MR) is 138 cm³/mol. The van der Waals surface area contributed by atoms with Crippen LogP contribution in [-0.2, 0) is 0 Å². The van der Waals surface area contributed by atoms with Crippen LogP contribution in [0.1, 0.15) is 133 Å². The molecule has 0 aliphatic heterocycles. The Labute approximate surface area is 192 Å². The zero-order valence-corrected chi connectivity index (χ0v) is 22.8. The van der Waals surface area contributed by atoms with E-state index in [0.29, 0.717) is 0 Å². The highest BCUT2D eigenvalue weighted by Crippen LogP contribution is 2.59. The summed E-state index contributed by atoms with van der Waals surface area (Å²) in [6.07, 6.45) is 15.2. The SMILES string of the molecule is CC.CC.CC1C(C)C(CC2C(C)C(C)C3CCCCC32)C2CCCCC12.CCC. The molecule has 180 valence electrons. The van der Waals surface area contributed by atoms with E-state index in [9.17, 15) is 0 Å². The molecular weight excluding hydrogens is 360 g/mol. The summed E-state index contributed by atoms with van der Waals surface area (Å²) in [6.45, 7) is 22.7. The molecule has 0 bridgehead atoms. The summed E-state index contributed by atoms with van der Waals surface area (Å²) in [5.41, 5.74) is 0. The molecule has 4 aliphatic rings. The molecule has 0 amide bonds. The van der Waals surface area contributed by atoms with Crippen LogP contribution < -0.4 is 0 Å². The van der Waals surface area contributed by atoms with E-state index in [1.807, 2.05) is 27.7 Å². The highest BCUT2D eigenvalue weighted by molar-refractivity contribution is 5.00. The Morgan fingerprint density at radius 3 is 1.03 bits per heavy atom. The van der Waals surface area contributed by atoms with Crippen LogP contribution in [0.5, 0.6) is 0 Å². The maximum atomic E-state index is 2.62. The molecule has 0 aromatic carbocycles. The molecule has 4 aliphatic carbocycles. The van der Waals surface area contributed by atoms with Crippen molar-refractivity contribution in [1.29, 1.82) is 0 Å². The van der Waals surface area contributed by atoms with Crippen molar-refractivity contribution in [3.8, 4) is 0 Å². The number of hydrogen-bond donors (Lipinski definition) is 0. The van der Waals surface area contributed by atoms with Gasteiger partial charge in [-0.15, -0.1) is 0 Å². The van der Waals surface area contributed by atoms with E-state index in [2.05, 4.69) is 41.5 Å². The zero-order chi connectivity index (χ0) is 22.8. The summed E-state index contributed by atoms with van der Waals surface area (Å²) >= 11 is 0. The maximum absolute atomic E-state index is 2.62. The van der Waals surface area contributed by atoms with E-state index in [1.165, 1.54) is 32.1 Å². The average molecular weight is 421 g/mol. The quantitative estimate of drug-likeness (QED) is 0.416. The largest absolute Gasteiger partial charge is 0.0683 e. The topological polar surface area (TPSA) is 0 Å². The van der Waals surface area contributed by atoms with Crippen molar-refractivity contribution >= 4 is 0 Å². The standard InChI is InChI=1S/C23H40.C3H8.2C2H6/c1-14-16(3)22(20-11-7-5-9-18(14)20)13-23-17(4)15(2)19-10-6-8-12-21(19)23;1-3-2;2*1-2/h14-23H,5-13H2,1-4H3;3H2,1-2H3;2*1-2H3. The van der Waals surface area contributed by atoms with E-state index >= 15 is 0 Å². The molecule has 0 spiro atoms. The minimum absolute atomic E-state index is 0.994. The van der Waals surface area contributed by atoms with Crippen molar-refractivity contribution in [1.82, 2.24) is 0 Å². The summed E-state index contributed by atoms with van der Waals surface area (Å²) in [4.78, 5) is 0. The Bertz CT molecular complexity index is 388. The van der Waals surface area contributed by atoms with Gasteiger partial charge >= 0.3 is 0 Å². The van der Waals surface area contributed by atoms with Crippen LogP contribution in [0.4, 0.5) is 0 Å². The molecule has 0 radical (unpaired) electrons. The molecular formula is C30H60. The smallest absolute Gasteiger partial charge is 0.0352 e. The Morgan fingerprint density at radius 2 is 0.733 bits per heavy atom. The van der Waals surface area contributed by atoms with Gasteiger partial charge in [-0.25, -0.2) is 0 Å². The molecule has 0 N–H and O–H groups in total. The van der Waals surface area contributed by atoms with Gasteiger partial charge in [0.1, 0.15) is 0 Å². The normalized spacial score (nSPS) is 44.2. The van der Waals surface area contributed by atoms with E-state index in [0.717, 1.165) is 59.2 Å². The van der Waals surface area contributed by atoms with E-state index in [1.54, 1.807) is 32.1 Å². The van der Waals surface area contributed by atoms with Gasteiger partial charge in [0.15, 0.2) is 0 Å². The van der Waals surface area contributed by atoms with Crippen LogP contribution in [0.2, 0.25) is 0 Å². The molecule has 0 nitrogen and oxygen atoms in total. The molecule has 10 atom stereocenters. The van der Waals surface area contributed by atoms with Crippen LogP contribution in [0.25, 0.3) is 0 Å². The second kappa shape index (κ2) is 14.2. The van der Waals surface area contributed by atoms with Crippen molar-refractivity contribution in [2.45, 2.75) is 133 Å². The van der Waals surface area contributed by atoms with Crippen LogP contribution in [0, 0.1) is 59.2 Å². The average Bonchev–Trinajstić information content (AvgIpc) is 3.18. The third kappa shape index (κ3) is 6.07. The second-order valence-corrected chi connectivity index (χ2v) is 10.9. The molecule has 30 heavy (non-hydrogen) atoms. The predicted octanol–water partition coefficient (Wildman–Crippen LogP) is 10.3. The lowest BCUT2D eigenvalue weighted by molar-refractivity contribution is 0.140. The first-order chi connectivity index (χ1) is 14.5. The third-order valence-electron chi connectivity index (χ3n) is 9.75. The minimum atomic E-state index is 0.994. The fraction of sp³-hybridized carbons (Fsp3) is 1.00. The van der Waals surface area contributed by atoms with Crippen LogP contribution >= 0.6 is 0 Å². The second-order valence-electron chi connectivity index (χ2n) is 10.9. The van der Waals surface area contributed by atoms with Gasteiger partial charge in [-0.1, -0.05) is 101 Å². The molecule has 4 fully saturated rings. The zero-order valence-electron chi connectivity index (χ0n) is 22.8. The van der Waals surface area contributed by atoms with Crippen molar-refractivity contribution in [3.05, 3.63) is 0 Å². The van der Waals surface area contributed by atoms with Crippen molar-refractivity contribution in [3.63, 3.8) is 0 Å². The van der Waals surface area contributed by atoms with Gasteiger partial charge in [-0.3, -0.25) is 0 Å². The molecule has 4 rings (SSSR count). The summed E-state index contributed by atoms with van der Waals surface area (Å²) in [5.74, 6) is 10.5. The Hall–Kier alpha value is 0. The molecule has 0 saturated heterocycles. The lowest BCUT2D eigenvalue weighted by atomic mass is 9.70. The molecule has 0 aromatic rings. The number of fused-ring (bicyclic) bond motifs is 2. The summed E-state index contributed by atoms with van der Waals surface area (Å²) < 4.78 is 0. The van der Waals surface area contributed by atoms with Gasteiger partial charge in [-0.05, 0) is 91.3 Å². The first-order valence-corrected chi connectivity index (χ1v) is 14.5. The van der Waals surface area contributed by atoms with E-state index in [-0.39, 0.29) is 0 Å². The number of rotatable bonds is 2. The summed E-state index contributed by atoms with van der Waals surface area (Å²) in [7, 11) is 0. The van der Waals surface area contributed by atoms with Crippen molar-refractivity contribution in [2.75, 3.05) is 0 Å². The fourth-order valence-corrected chi connectivity index (χ4v) is 8.18. The van der Waals surface area contributed by atoms with Gasteiger partial charge in [0.25, 0.3) is 0 Å². The first-order valence-electron chi connectivity index (χ1n) is 14.5. The van der Waals surface area contributed by atoms with Crippen LogP contribution in [-0.4, -0.2) is 0 Å². The molecule has 0 heteroatoms. The summed E-state index contributed by atoms with van der Waals surface area (Å²) in [5, 5.41) is 0. The molecule has 0 heterocycles. The van der Waals surface area contributed by atoms with Gasteiger partial charge < -0.3 is 0 Å². The van der Waals surface area contributed by atoms with Crippen molar-refractivity contribution < 1.29 is 0 Å². The van der Waals surface area contributed by atoms with Gasteiger partial charge in [0.2, 0.25) is 0 Å². The Morgan fingerprint density at radius 1 is 0.467 bits per heavy atom. The Kier molecular flexibility index (Phi) is 13.3. The lowest BCUT2D eigenvalue weighted by Crippen LogP contribution is -2.27. The highest BCUT2D eigenvalue weighted by Gasteiger charge is 2.51. The minimum Gasteiger partial charge on any atom is -0.0683 e. The molecule has 10 unspecified atom stereocenters. The van der Waals surface area contributed by atoms with Crippen LogP contribution in [0.3, 0.4) is 0 Å². The van der Waals surface area contributed by atoms with Gasteiger partial charge in [-0.2, -0.15) is 0 Å². The highest BCUT2D eigenvalue weighted by atomic mass is 14.6. The lowest BCUT2D eigenvalue weighted by Gasteiger charge is -2.36. The van der Waals surface area contributed by atoms with Crippen molar-refractivity contribution in [2.24, 2.45) is 59.2 Å². The number of hydrogen-bond acceptors (Lipinski definition) is 0. The fourth-order valence-electron chi connectivity index (χ4n) is 8.18. The molecule has 4 saturated carbocycles. The monoisotopic (exact) mass is 420 g/mol. The van der Waals surface area contributed by atoms with Crippen LogP contribution in [0.15, 0.2) is 0 Å². The van der Waals surface area contributed by atoms with E-state index in [4.69, 9.17) is 0 Å². The van der Waals surface area contributed by atoms with E-state index < -0.39 is 0 Å². The maximum Gasteiger partial charge on any atom is -0.0352 e. The third-order valence-corrected chi connectivity index (χ3v) is 9.75. The Balaban J connectivity index is 0.000000579. The first kappa shape index (κ1) is 28.0. The van der Waals surface area contributed by atoms with Gasteiger partial charge in [0.05, 0.1) is 0 Å². The summed E-state index contributed by atoms with van der Waals surface area (Å²) in [6, 6.07) is 0. The van der Waals surface area contributed by atoms with Gasteiger partial charge in [0, 0.05) is 0 Å².